The van der Waals surface area contributed by atoms with Gasteiger partial charge in [-0.05, 0) is 78.7 Å². The highest BCUT2D eigenvalue weighted by molar-refractivity contribution is 7.23. The zero-order valence-electron chi connectivity index (χ0n) is 16.7. The molecule has 2 N–H and O–H groups in total. The topological polar surface area (TPSA) is 60.8 Å². The third-order valence-electron chi connectivity index (χ3n) is 4.90. The highest BCUT2D eigenvalue weighted by Crippen LogP contribution is 2.47. The second kappa shape index (κ2) is 8.05. The molecule has 4 rings (SSSR count). The number of aromatic hydroxyl groups is 2. The second-order valence-corrected chi connectivity index (χ2v) is 8.15. The Morgan fingerprint density at radius 1 is 0.933 bits per heavy atom. The van der Waals surface area contributed by atoms with E-state index in [0.29, 0.717) is 0 Å². The Morgan fingerprint density at radius 3 is 2.27 bits per heavy atom. The van der Waals surface area contributed by atoms with Crippen LogP contribution < -0.4 is 4.90 Å². The summed E-state index contributed by atoms with van der Waals surface area (Å²) in [4.78, 5) is 14.3. The highest BCUT2D eigenvalue weighted by atomic mass is 32.1. The number of carbonyl (C=O) groups excluding carboxylic acids is 1. The number of hydrogen-bond acceptors (Lipinski definition) is 5. The summed E-state index contributed by atoms with van der Waals surface area (Å²) in [6, 6.07) is 20.5. The van der Waals surface area contributed by atoms with E-state index in [1.54, 1.807) is 47.8 Å². The summed E-state index contributed by atoms with van der Waals surface area (Å²) in [7, 11) is 2.01. The minimum Gasteiger partial charge on any atom is -0.508 e. The highest BCUT2D eigenvalue weighted by Gasteiger charge is 2.19. The summed E-state index contributed by atoms with van der Waals surface area (Å²) in [5, 5.41) is 20.7. The Balaban J connectivity index is 1.81. The average molecular weight is 416 g/mol. The number of ketones is 1. The van der Waals surface area contributed by atoms with E-state index in [4.69, 9.17) is 0 Å². The summed E-state index contributed by atoms with van der Waals surface area (Å²) in [5.74, 6) is 0.473. The Hall–Kier alpha value is -3.57. The first-order valence-corrected chi connectivity index (χ1v) is 10.3. The van der Waals surface area contributed by atoms with Gasteiger partial charge in [0.1, 0.15) is 11.5 Å². The Morgan fingerprint density at radius 2 is 1.60 bits per heavy atom. The molecule has 0 amide bonds. The van der Waals surface area contributed by atoms with Gasteiger partial charge in [0.2, 0.25) is 0 Å². The Labute approximate surface area is 179 Å². The number of anilines is 2. The number of fused-ring (bicyclic) bond motifs is 1. The first-order chi connectivity index (χ1) is 14.4. The van der Waals surface area contributed by atoms with Crippen LogP contribution in [0.3, 0.4) is 0 Å². The van der Waals surface area contributed by atoms with Crippen molar-refractivity contribution in [3.63, 3.8) is 0 Å². The predicted octanol–water partition coefficient (Wildman–Crippen LogP) is 6.35. The monoisotopic (exact) mass is 415 g/mol. The second-order valence-electron chi connectivity index (χ2n) is 7.10. The van der Waals surface area contributed by atoms with Gasteiger partial charge in [-0.25, -0.2) is 0 Å². The van der Waals surface area contributed by atoms with E-state index in [2.05, 4.69) is 4.90 Å². The zero-order valence-corrected chi connectivity index (χ0v) is 17.5. The van der Waals surface area contributed by atoms with Crippen LogP contribution in [0, 0.1) is 0 Å². The van der Waals surface area contributed by atoms with Crippen LogP contribution in [0.4, 0.5) is 11.4 Å². The zero-order chi connectivity index (χ0) is 21.3. The molecule has 30 heavy (non-hydrogen) atoms. The maximum absolute atomic E-state index is 11.2. The molecule has 5 heteroatoms. The van der Waals surface area contributed by atoms with E-state index in [9.17, 15) is 15.0 Å². The molecular formula is C25H21NO3S. The molecule has 0 aliphatic carbocycles. The van der Waals surface area contributed by atoms with Crippen molar-refractivity contribution in [1.29, 1.82) is 0 Å². The van der Waals surface area contributed by atoms with Crippen molar-refractivity contribution in [3.8, 4) is 21.9 Å². The van der Waals surface area contributed by atoms with Crippen LogP contribution in [0.25, 0.3) is 26.6 Å². The van der Waals surface area contributed by atoms with Crippen LogP contribution in [-0.2, 0) is 4.79 Å². The summed E-state index contributed by atoms with van der Waals surface area (Å²) >= 11 is 1.60. The summed E-state index contributed by atoms with van der Waals surface area (Å²) in [6.45, 7) is 1.53. The number of phenols is 2. The quantitative estimate of drug-likeness (QED) is 0.373. The molecule has 4 aromatic rings. The van der Waals surface area contributed by atoms with Gasteiger partial charge in [-0.3, -0.25) is 4.79 Å². The molecule has 0 fully saturated rings. The summed E-state index contributed by atoms with van der Waals surface area (Å²) < 4.78 is 0.987. The van der Waals surface area contributed by atoms with Crippen LogP contribution in [0.5, 0.6) is 11.5 Å². The van der Waals surface area contributed by atoms with E-state index in [-0.39, 0.29) is 17.3 Å². The van der Waals surface area contributed by atoms with E-state index in [1.807, 2.05) is 49.5 Å². The van der Waals surface area contributed by atoms with E-state index < -0.39 is 0 Å². The number of thiophene rings is 1. The fourth-order valence-electron chi connectivity index (χ4n) is 3.36. The summed E-state index contributed by atoms with van der Waals surface area (Å²) in [6.07, 6.45) is 3.36. The first kappa shape index (κ1) is 19.7. The van der Waals surface area contributed by atoms with Gasteiger partial charge >= 0.3 is 0 Å². The molecule has 0 saturated carbocycles. The Bertz CT molecular complexity index is 1240. The van der Waals surface area contributed by atoms with Crippen LogP contribution in [0.2, 0.25) is 0 Å². The molecule has 0 spiro atoms. The number of nitrogens with zero attached hydrogens (tertiary/aromatic N) is 1. The minimum atomic E-state index is 0.0164. The lowest BCUT2D eigenvalue weighted by Gasteiger charge is -2.21. The van der Waals surface area contributed by atoms with Crippen molar-refractivity contribution in [1.82, 2.24) is 0 Å². The van der Waals surface area contributed by atoms with Crippen LogP contribution in [0.1, 0.15) is 12.5 Å². The first-order valence-electron chi connectivity index (χ1n) is 9.50. The van der Waals surface area contributed by atoms with Crippen LogP contribution >= 0.6 is 11.3 Å². The molecule has 0 bridgehead atoms. The average Bonchev–Trinajstić information content (AvgIpc) is 3.11. The van der Waals surface area contributed by atoms with E-state index in [1.165, 1.54) is 6.92 Å². The molecule has 1 heterocycles. The molecular weight excluding hydrogens is 394 g/mol. The fraction of sp³-hybridized carbons (Fsp3) is 0.0800. The molecule has 1 aromatic heterocycles. The molecule has 0 radical (unpaired) electrons. The van der Waals surface area contributed by atoms with Gasteiger partial charge in [0.25, 0.3) is 0 Å². The van der Waals surface area contributed by atoms with Gasteiger partial charge in [0.05, 0.1) is 10.6 Å². The number of benzene rings is 3. The smallest absolute Gasteiger partial charge is 0.152 e. The lowest BCUT2D eigenvalue weighted by Crippen LogP contribution is -2.09. The third kappa shape index (κ3) is 3.93. The van der Waals surface area contributed by atoms with Gasteiger partial charge < -0.3 is 15.1 Å². The number of hydrogen-bond donors (Lipinski definition) is 2. The molecule has 3 aromatic carbocycles. The standard InChI is InChI=1S/C25H21NO3S/c1-16(27)3-4-17-5-9-19(10-6-17)26(2)24-22-14-13-21(29)15-23(22)30-25(24)18-7-11-20(28)12-8-18/h3-15,28-29H,1-2H3/b4-3+. The van der Waals surface area contributed by atoms with Crippen molar-refractivity contribution < 1.29 is 15.0 Å². The molecule has 0 saturated heterocycles. The largest absolute Gasteiger partial charge is 0.508 e. The van der Waals surface area contributed by atoms with Crippen molar-refractivity contribution in [2.75, 3.05) is 11.9 Å². The predicted molar refractivity (Wildman–Crippen MR) is 125 cm³/mol. The van der Waals surface area contributed by atoms with Gasteiger partial charge in [0.15, 0.2) is 5.78 Å². The van der Waals surface area contributed by atoms with Crippen molar-refractivity contribution in [2.24, 2.45) is 0 Å². The van der Waals surface area contributed by atoms with Crippen molar-refractivity contribution in [3.05, 3.63) is 78.4 Å². The maximum Gasteiger partial charge on any atom is 0.152 e. The van der Waals surface area contributed by atoms with Gasteiger partial charge in [-0.1, -0.05) is 18.2 Å². The normalized spacial score (nSPS) is 11.3. The van der Waals surface area contributed by atoms with Crippen molar-refractivity contribution in [2.45, 2.75) is 6.92 Å². The molecule has 0 aliphatic rings. The molecule has 4 nitrogen and oxygen atoms in total. The lowest BCUT2D eigenvalue weighted by molar-refractivity contribution is -0.112. The third-order valence-corrected chi connectivity index (χ3v) is 6.09. The minimum absolute atomic E-state index is 0.0164. The van der Waals surface area contributed by atoms with Gasteiger partial charge in [-0.2, -0.15) is 0 Å². The molecule has 0 unspecified atom stereocenters. The SMILES string of the molecule is CC(=O)/C=C/c1ccc(N(C)c2c(-c3ccc(O)cc3)sc3cc(O)ccc23)cc1. The van der Waals surface area contributed by atoms with E-state index in [0.717, 1.165) is 37.5 Å². The maximum atomic E-state index is 11.2. The number of phenolic OH excluding ortho intramolecular Hbond substituents is 2. The molecule has 0 aliphatic heterocycles. The van der Waals surface area contributed by atoms with Crippen molar-refractivity contribution >= 4 is 44.7 Å². The number of allylic oxidation sites excluding steroid dienone is 1. The lowest BCUT2D eigenvalue weighted by atomic mass is 10.1. The Kier molecular flexibility index (Phi) is 5.29. The van der Waals surface area contributed by atoms with Gasteiger partial charge in [0, 0.05) is 22.8 Å². The van der Waals surface area contributed by atoms with Gasteiger partial charge in [-0.15, -0.1) is 11.3 Å². The summed E-state index contributed by atoms with van der Waals surface area (Å²) in [5.41, 5.74) is 3.99. The number of rotatable bonds is 5. The van der Waals surface area contributed by atoms with Crippen LogP contribution in [0.15, 0.2) is 72.8 Å². The van der Waals surface area contributed by atoms with Crippen LogP contribution in [-0.4, -0.2) is 23.0 Å². The number of carbonyl (C=O) groups is 1. The molecule has 150 valence electrons. The fourth-order valence-corrected chi connectivity index (χ4v) is 4.64. The molecule has 0 atom stereocenters. The van der Waals surface area contributed by atoms with E-state index >= 15 is 0 Å².